The minimum absolute atomic E-state index is 0. The summed E-state index contributed by atoms with van der Waals surface area (Å²) in [5.41, 5.74) is 0.961. The Morgan fingerprint density at radius 2 is 1.73 bits per heavy atom. The fourth-order valence-corrected chi connectivity index (χ4v) is 3.65. The summed E-state index contributed by atoms with van der Waals surface area (Å²) in [6, 6.07) is 5.96. The highest BCUT2D eigenvalue weighted by atomic mass is 127. The third kappa shape index (κ3) is 8.11. The summed E-state index contributed by atoms with van der Waals surface area (Å²) in [4.78, 5) is 9.85. The Balaban J connectivity index is 0.00000320. The van der Waals surface area contributed by atoms with Gasteiger partial charge in [-0.05, 0) is 45.0 Å². The number of rotatable bonds is 8. The molecular weight excluding hydrogens is 493 g/mol. The minimum atomic E-state index is 0. The number of halogens is 1. The predicted octanol–water partition coefficient (Wildman–Crippen LogP) is 3.26. The summed E-state index contributed by atoms with van der Waals surface area (Å²) in [7, 11) is 0. The lowest BCUT2D eigenvalue weighted by Crippen LogP contribution is -2.46. The zero-order valence-corrected chi connectivity index (χ0v) is 20.8. The molecule has 30 heavy (non-hydrogen) atoms. The summed E-state index contributed by atoms with van der Waals surface area (Å²) in [5, 5.41) is 6.72. The van der Waals surface area contributed by atoms with Crippen molar-refractivity contribution in [1.29, 1.82) is 0 Å². The van der Waals surface area contributed by atoms with Crippen molar-refractivity contribution >= 4 is 35.6 Å². The molecule has 0 unspecified atom stereocenters. The Morgan fingerprint density at radius 1 is 1.00 bits per heavy atom. The number of nitrogens with one attached hydrogen (secondary N) is 2. The molecule has 0 atom stereocenters. The van der Waals surface area contributed by atoms with Crippen molar-refractivity contribution < 1.29 is 9.47 Å². The quantitative estimate of drug-likeness (QED) is 0.233. The van der Waals surface area contributed by atoms with E-state index in [2.05, 4.69) is 34.3 Å². The molecule has 3 rings (SSSR count). The van der Waals surface area contributed by atoms with Crippen LogP contribution in [0.15, 0.2) is 23.2 Å². The van der Waals surface area contributed by atoms with Gasteiger partial charge in [-0.25, -0.2) is 0 Å². The van der Waals surface area contributed by atoms with Crippen molar-refractivity contribution in [2.45, 2.75) is 33.1 Å². The van der Waals surface area contributed by atoms with E-state index in [1.807, 2.05) is 18.2 Å². The number of ether oxygens (including phenoxy) is 2. The average molecular weight is 531 g/mol. The molecule has 0 amide bonds. The first-order valence-electron chi connectivity index (χ1n) is 11.2. The summed E-state index contributed by atoms with van der Waals surface area (Å²) in [6.07, 6.45) is 3.21. The fourth-order valence-electron chi connectivity index (χ4n) is 3.65. The Bertz CT molecular complexity index is 650. The molecule has 8 heteroatoms. The first-order valence-corrected chi connectivity index (χ1v) is 11.2. The van der Waals surface area contributed by atoms with E-state index in [1.165, 1.54) is 45.7 Å². The topological polar surface area (TPSA) is 61.4 Å². The normalized spacial score (nSPS) is 17.7. The highest BCUT2D eigenvalue weighted by molar-refractivity contribution is 14.0. The summed E-state index contributed by atoms with van der Waals surface area (Å²) in [5.74, 6) is 2.43. The van der Waals surface area contributed by atoms with Crippen LogP contribution in [-0.4, -0.2) is 81.3 Å². The van der Waals surface area contributed by atoms with Crippen LogP contribution < -0.4 is 20.1 Å². The van der Waals surface area contributed by atoms with Crippen LogP contribution in [0.5, 0.6) is 11.5 Å². The number of hydrogen-bond acceptors (Lipinski definition) is 5. The smallest absolute Gasteiger partial charge is 0.195 e. The van der Waals surface area contributed by atoms with Crippen molar-refractivity contribution in [2.24, 2.45) is 4.99 Å². The first kappa shape index (κ1) is 25.0. The minimum Gasteiger partial charge on any atom is -0.490 e. The van der Waals surface area contributed by atoms with Crippen molar-refractivity contribution in [3.05, 3.63) is 18.2 Å². The van der Waals surface area contributed by atoms with Gasteiger partial charge in [0.15, 0.2) is 17.5 Å². The van der Waals surface area contributed by atoms with Gasteiger partial charge in [0.25, 0.3) is 0 Å². The Kier molecular flexibility index (Phi) is 11.6. The lowest BCUT2D eigenvalue weighted by Gasteiger charge is -2.33. The molecule has 2 N–H and O–H groups in total. The van der Waals surface area contributed by atoms with Gasteiger partial charge in [0.1, 0.15) is 0 Å². The van der Waals surface area contributed by atoms with Crippen molar-refractivity contribution in [2.75, 3.05) is 70.9 Å². The maximum Gasteiger partial charge on any atom is 0.195 e. The largest absolute Gasteiger partial charge is 0.490 e. The standard InChI is InChI=1S/C22H37N5O2.HI/c1-3-23-22(24-10-5-6-11-27-14-12-26(4-2)13-15-27)25-19-8-9-20-21(18-19)29-17-7-16-28-20;/h8-9,18H,3-7,10-17H2,1-2H3,(H2,23,24,25);1H. The van der Waals surface area contributed by atoms with E-state index in [-0.39, 0.29) is 24.0 Å². The number of fused-ring (bicyclic) bond motifs is 1. The van der Waals surface area contributed by atoms with Gasteiger partial charge >= 0.3 is 0 Å². The van der Waals surface area contributed by atoms with Gasteiger partial charge in [-0.3, -0.25) is 4.99 Å². The Labute approximate surface area is 198 Å². The van der Waals surface area contributed by atoms with Gasteiger partial charge in [-0.15, -0.1) is 24.0 Å². The summed E-state index contributed by atoms with van der Waals surface area (Å²) in [6.45, 7) is 14.6. The number of likely N-dealkylation sites (N-methyl/N-ethyl adjacent to an activating group) is 1. The van der Waals surface area contributed by atoms with Crippen LogP contribution in [0.3, 0.4) is 0 Å². The summed E-state index contributed by atoms with van der Waals surface area (Å²) < 4.78 is 11.5. The van der Waals surface area contributed by atoms with E-state index in [0.29, 0.717) is 13.2 Å². The molecule has 0 aromatic heterocycles. The van der Waals surface area contributed by atoms with E-state index < -0.39 is 0 Å². The molecule has 1 aromatic carbocycles. The number of nitrogens with zero attached hydrogens (tertiary/aromatic N) is 3. The molecular formula is C22H38IN5O2. The van der Waals surface area contributed by atoms with Gasteiger partial charge < -0.3 is 29.9 Å². The number of piperazine rings is 1. The second-order valence-corrected chi connectivity index (χ2v) is 7.58. The van der Waals surface area contributed by atoms with E-state index in [1.54, 1.807) is 0 Å². The van der Waals surface area contributed by atoms with Crippen LogP contribution in [0.1, 0.15) is 33.1 Å². The van der Waals surface area contributed by atoms with Gasteiger partial charge in [0.05, 0.1) is 13.2 Å². The highest BCUT2D eigenvalue weighted by Crippen LogP contribution is 2.32. The molecule has 1 saturated heterocycles. The second-order valence-electron chi connectivity index (χ2n) is 7.58. The molecule has 2 aliphatic rings. The zero-order chi connectivity index (χ0) is 20.3. The van der Waals surface area contributed by atoms with E-state index in [9.17, 15) is 0 Å². The third-order valence-electron chi connectivity index (χ3n) is 5.42. The van der Waals surface area contributed by atoms with E-state index in [0.717, 1.165) is 49.1 Å². The Morgan fingerprint density at radius 3 is 2.47 bits per heavy atom. The van der Waals surface area contributed by atoms with Crippen molar-refractivity contribution in [3.63, 3.8) is 0 Å². The molecule has 0 aliphatic carbocycles. The molecule has 0 saturated carbocycles. The summed E-state index contributed by atoms with van der Waals surface area (Å²) >= 11 is 0. The first-order chi connectivity index (χ1) is 14.3. The van der Waals surface area contributed by atoms with Crippen LogP contribution in [0.4, 0.5) is 5.69 Å². The molecule has 170 valence electrons. The predicted molar refractivity (Wildman–Crippen MR) is 135 cm³/mol. The lowest BCUT2D eigenvalue weighted by atomic mass is 10.2. The van der Waals surface area contributed by atoms with Crippen LogP contribution >= 0.6 is 24.0 Å². The number of unbranched alkanes of at least 4 members (excludes halogenated alkanes) is 1. The number of benzene rings is 1. The maximum atomic E-state index is 5.78. The molecule has 0 bridgehead atoms. The number of aliphatic imine (C=N–C) groups is 1. The third-order valence-corrected chi connectivity index (χ3v) is 5.42. The highest BCUT2D eigenvalue weighted by Gasteiger charge is 2.14. The van der Waals surface area contributed by atoms with E-state index >= 15 is 0 Å². The fraction of sp³-hybridized carbons (Fsp3) is 0.682. The molecule has 1 aromatic rings. The number of hydrogen-bond donors (Lipinski definition) is 2. The van der Waals surface area contributed by atoms with Gasteiger partial charge in [0.2, 0.25) is 0 Å². The maximum absolute atomic E-state index is 5.78. The molecule has 1 fully saturated rings. The Hall–Kier alpha value is -1.26. The van der Waals surface area contributed by atoms with Crippen LogP contribution in [0.25, 0.3) is 0 Å². The number of anilines is 1. The molecule has 2 aliphatic heterocycles. The molecule has 0 spiro atoms. The lowest BCUT2D eigenvalue weighted by molar-refractivity contribution is 0.136. The van der Waals surface area contributed by atoms with Gasteiger partial charge in [0, 0.05) is 57.4 Å². The monoisotopic (exact) mass is 531 g/mol. The SMILES string of the molecule is CCNC(=NCCCCN1CCN(CC)CC1)Nc1ccc2c(c1)OCCCO2.I. The molecule has 2 heterocycles. The van der Waals surface area contributed by atoms with Crippen molar-refractivity contribution in [3.8, 4) is 11.5 Å². The zero-order valence-electron chi connectivity index (χ0n) is 18.5. The van der Waals surface area contributed by atoms with Crippen LogP contribution in [0, 0.1) is 0 Å². The second kappa shape index (κ2) is 13.9. The van der Waals surface area contributed by atoms with Crippen LogP contribution in [0.2, 0.25) is 0 Å². The van der Waals surface area contributed by atoms with Crippen LogP contribution in [-0.2, 0) is 0 Å². The van der Waals surface area contributed by atoms with Gasteiger partial charge in [-0.2, -0.15) is 0 Å². The van der Waals surface area contributed by atoms with Gasteiger partial charge in [-0.1, -0.05) is 6.92 Å². The molecule has 7 nitrogen and oxygen atoms in total. The van der Waals surface area contributed by atoms with Crippen molar-refractivity contribution in [1.82, 2.24) is 15.1 Å². The number of guanidine groups is 1. The average Bonchev–Trinajstić information content (AvgIpc) is 2.99. The van der Waals surface area contributed by atoms with E-state index in [4.69, 9.17) is 14.5 Å². The molecule has 0 radical (unpaired) electrons.